The summed E-state index contributed by atoms with van der Waals surface area (Å²) in [6.07, 6.45) is 9.10. The predicted molar refractivity (Wildman–Crippen MR) is 133 cm³/mol. The molecule has 1 aromatic heterocycles. The first-order valence-corrected chi connectivity index (χ1v) is 11.3. The van der Waals surface area contributed by atoms with Crippen molar-refractivity contribution in [3.8, 4) is 11.3 Å². The van der Waals surface area contributed by atoms with E-state index in [2.05, 4.69) is 85.5 Å². The molecular formula is C28H31N3O. The van der Waals surface area contributed by atoms with Gasteiger partial charge in [0.1, 0.15) is 0 Å². The molecule has 0 aliphatic carbocycles. The Balaban J connectivity index is 1.50. The van der Waals surface area contributed by atoms with Crippen molar-refractivity contribution >= 4 is 17.7 Å². The first-order valence-electron chi connectivity index (χ1n) is 11.3. The fourth-order valence-electron chi connectivity index (χ4n) is 4.06. The Kier molecular flexibility index (Phi) is 6.81. The second-order valence-electron chi connectivity index (χ2n) is 8.74. The second-order valence-corrected chi connectivity index (χ2v) is 8.74. The molecule has 1 aliphatic heterocycles. The maximum Gasteiger partial charge on any atom is 0.259 e. The van der Waals surface area contributed by atoms with Gasteiger partial charge in [0.2, 0.25) is 0 Å². The van der Waals surface area contributed by atoms with E-state index >= 15 is 0 Å². The number of fused-ring (bicyclic) bond motifs is 1. The van der Waals surface area contributed by atoms with Crippen molar-refractivity contribution in [3.63, 3.8) is 0 Å². The third-order valence-electron chi connectivity index (χ3n) is 5.88. The van der Waals surface area contributed by atoms with E-state index in [4.69, 9.17) is 0 Å². The highest BCUT2D eigenvalue weighted by atomic mass is 16.2. The first kappa shape index (κ1) is 22.0. The number of benzene rings is 2. The van der Waals surface area contributed by atoms with Crippen LogP contribution in [0.1, 0.15) is 39.9 Å². The molecule has 0 saturated heterocycles. The maximum absolute atomic E-state index is 13.3. The summed E-state index contributed by atoms with van der Waals surface area (Å²) in [6.45, 7) is 3.85. The molecule has 4 heteroatoms. The molecule has 1 aliphatic rings. The Morgan fingerprint density at radius 1 is 1.09 bits per heavy atom. The number of rotatable bonds is 6. The van der Waals surface area contributed by atoms with Gasteiger partial charge in [0.05, 0.1) is 11.3 Å². The molecule has 4 nitrogen and oxygen atoms in total. The Hall–Kier alpha value is -3.24. The molecule has 2 heterocycles. The minimum absolute atomic E-state index is 0.0168. The SMILES string of the molecule is Cc1ccc(-c2ccc(C(=O)N3CCCc4cc(/C=C/CCN(C)C)ccc43)cn2)cc1. The van der Waals surface area contributed by atoms with Gasteiger partial charge < -0.3 is 9.80 Å². The van der Waals surface area contributed by atoms with Crippen LogP contribution in [0.2, 0.25) is 0 Å². The third-order valence-corrected chi connectivity index (χ3v) is 5.88. The molecule has 164 valence electrons. The van der Waals surface area contributed by atoms with Crippen molar-refractivity contribution in [1.29, 1.82) is 0 Å². The monoisotopic (exact) mass is 425 g/mol. The Labute approximate surface area is 191 Å². The highest BCUT2D eigenvalue weighted by molar-refractivity contribution is 6.06. The minimum Gasteiger partial charge on any atom is -0.309 e. The van der Waals surface area contributed by atoms with Crippen LogP contribution in [-0.4, -0.2) is 43.0 Å². The lowest BCUT2D eigenvalue weighted by atomic mass is 9.98. The number of nitrogens with zero attached hydrogens (tertiary/aromatic N) is 3. The van der Waals surface area contributed by atoms with Crippen molar-refractivity contribution in [1.82, 2.24) is 9.88 Å². The van der Waals surface area contributed by atoms with Gasteiger partial charge in [0.15, 0.2) is 0 Å². The van der Waals surface area contributed by atoms with Crippen LogP contribution < -0.4 is 4.90 Å². The van der Waals surface area contributed by atoms with Crippen LogP contribution in [-0.2, 0) is 6.42 Å². The van der Waals surface area contributed by atoms with Gasteiger partial charge in [0.25, 0.3) is 5.91 Å². The van der Waals surface area contributed by atoms with Crippen LogP contribution in [0.5, 0.6) is 0 Å². The van der Waals surface area contributed by atoms with E-state index in [0.29, 0.717) is 5.56 Å². The summed E-state index contributed by atoms with van der Waals surface area (Å²) in [7, 11) is 4.17. The van der Waals surface area contributed by atoms with Gasteiger partial charge in [-0.3, -0.25) is 9.78 Å². The van der Waals surface area contributed by atoms with E-state index < -0.39 is 0 Å². The molecule has 32 heavy (non-hydrogen) atoms. The fraction of sp³-hybridized carbons (Fsp3) is 0.286. The quantitative estimate of drug-likeness (QED) is 0.515. The van der Waals surface area contributed by atoms with Gasteiger partial charge in [-0.25, -0.2) is 0 Å². The Bertz CT molecular complexity index is 1100. The molecule has 0 spiro atoms. The molecule has 1 amide bonds. The van der Waals surface area contributed by atoms with Crippen LogP contribution in [0.3, 0.4) is 0 Å². The minimum atomic E-state index is 0.0168. The smallest absolute Gasteiger partial charge is 0.259 e. The zero-order valence-electron chi connectivity index (χ0n) is 19.2. The summed E-state index contributed by atoms with van der Waals surface area (Å²) in [5.74, 6) is 0.0168. The predicted octanol–water partition coefficient (Wildman–Crippen LogP) is 5.61. The van der Waals surface area contributed by atoms with Gasteiger partial charge in [0, 0.05) is 30.5 Å². The molecule has 0 radical (unpaired) electrons. The molecule has 0 fully saturated rings. The Morgan fingerprint density at radius 2 is 1.91 bits per heavy atom. The summed E-state index contributed by atoms with van der Waals surface area (Å²) in [6, 6.07) is 18.5. The lowest BCUT2D eigenvalue weighted by molar-refractivity contribution is 0.0985. The van der Waals surface area contributed by atoms with E-state index in [-0.39, 0.29) is 5.91 Å². The maximum atomic E-state index is 13.3. The second kappa shape index (κ2) is 9.92. The number of aryl methyl sites for hydroxylation is 2. The summed E-state index contributed by atoms with van der Waals surface area (Å²) in [5, 5.41) is 0. The van der Waals surface area contributed by atoms with Crippen molar-refractivity contribution < 1.29 is 4.79 Å². The Morgan fingerprint density at radius 3 is 2.62 bits per heavy atom. The molecule has 4 rings (SSSR count). The lowest BCUT2D eigenvalue weighted by Gasteiger charge is -2.30. The van der Waals surface area contributed by atoms with E-state index in [0.717, 1.165) is 49.3 Å². The number of hydrogen-bond acceptors (Lipinski definition) is 3. The largest absolute Gasteiger partial charge is 0.309 e. The number of carbonyl (C=O) groups excluding carboxylic acids is 1. The topological polar surface area (TPSA) is 36.4 Å². The summed E-state index contributed by atoms with van der Waals surface area (Å²) < 4.78 is 0. The van der Waals surface area contributed by atoms with Gasteiger partial charge in [-0.15, -0.1) is 0 Å². The van der Waals surface area contributed by atoms with Crippen molar-refractivity contribution in [2.24, 2.45) is 0 Å². The van der Waals surface area contributed by atoms with Crippen LogP contribution in [0.25, 0.3) is 17.3 Å². The molecule has 0 saturated carbocycles. The molecular weight excluding hydrogens is 394 g/mol. The normalized spacial score (nSPS) is 13.6. The zero-order chi connectivity index (χ0) is 22.5. The van der Waals surface area contributed by atoms with Crippen LogP contribution in [0.15, 0.2) is 66.9 Å². The number of aromatic nitrogens is 1. The lowest BCUT2D eigenvalue weighted by Crippen LogP contribution is -2.35. The average Bonchev–Trinajstić information content (AvgIpc) is 2.81. The van der Waals surface area contributed by atoms with Crippen molar-refractivity contribution in [2.45, 2.75) is 26.2 Å². The zero-order valence-corrected chi connectivity index (χ0v) is 19.2. The molecule has 3 aromatic rings. The average molecular weight is 426 g/mol. The van der Waals surface area contributed by atoms with Crippen LogP contribution in [0, 0.1) is 6.92 Å². The van der Waals surface area contributed by atoms with Gasteiger partial charge in [-0.1, -0.05) is 48.0 Å². The van der Waals surface area contributed by atoms with Crippen LogP contribution in [0.4, 0.5) is 5.69 Å². The van der Waals surface area contributed by atoms with E-state index in [1.165, 1.54) is 16.7 Å². The number of carbonyl (C=O) groups is 1. The van der Waals surface area contributed by atoms with Crippen molar-refractivity contribution in [3.05, 3.63) is 89.1 Å². The molecule has 2 aromatic carbocycles. The highest BCUT2D eigenvalue weighted by Crippen LogP contribution is 2.30. The molecule has 0 N–H and O–H groups in total. The number of anilines is 1. The summed E-state index contributed by atoms with van der Waals surface area (Å²) in [5.41, 5.74) is 7.24. The number of amides is 1. The first-order chi connectivity index (χ1) is 15.5. The van der Waals surface area contributed by atoms with E-state index in [1.807, 2.05) is 17.0 Å². The van der Waals surface area contributed by atoms with Crippen molar-refractivity contribution in [2.75, 3.05) is 32.1 Å². The molecule has 0 unspecified atom stereocenters. The van der Waals surface area contributed by atoms with Crippen LogP contribution >= 0.6 is 0 Å². The van der Waals surface area contributed by atoms with E-state index in [9.17, 15) is 4.79 Å². The molecule has 0 bridgehead atoms. The van der Waals surface area contributed by atoms with E-state index in [1.54, 1.807) is 6.20 Å². The third kappa shape index (κ3) is 5.14. The fourth-order valence-corrected chi connectivity index (χ4v) is 4.06. The summed E-state index contributed by atoms with van der Waals surface area (Å²) >= 11 is 0. The highest BCUT2D eigenvalue weighted by Gasteiger charge is 2.24. The van der Waals surface area contributed by atoms with Gasteiger partial charge >= 0.3 is 0 Å². The standard InChI is InChI=1S/C28H31N3O/c1-21-9-12-23(13-10-21)26-15-14-25(20-29-26)28(32)31-18-6-8-24-19-22(11-16-27(24)31)7-4-5-17-30(2)3/h4,7,9-16,19-20H,5-6,8,17-18H2,1-3H3/b7-4+. The number of pyridine rings is 1. The summed E-state index contributed by atoms with van der Waals surface area (Å²) in [4.78, 5) is 21.9. The van der Waals surface area contributed by atoms with Gasteiger partial charge in [-0.2, -0.15) is 0 Å². The molecule has 0 atom stereocenters. The number of hydrogen-bond donors (Lipinski definition) is 0. The van der Waals surface area contributed by atoms with Gasteiger partial charge in [-0.05, 0) is 75.7 Å².